The van der Waals surface area contributed by atoms with Crippen LogP contribution in [0.2, 0.25) is 0 Å². The number of rotatable bonds is 4. The van der Waals surface area contributed by atoms with Crippen LogP contribution in [-0.4, -0.2) is 22.0 Å². The Kier molecular flexibility index (Phi) is 2.65. The van der Waals surface area contributed by atoms with Crippen molar-refractivity contribution in [3.63, 3.8) is 0 Å². The van der Waals surface area contributed by atoms with Crippen molar-refractivity contribution in [1.82, 2.24) is 20.3 Å². The van der Waals surface area contributed by atoms with Crippen molar-refractivity contribution in [3.8, 4) is 11.4 Å². The predicted molar refractivity (Wildman–Crippen MR) is 66.6 cm³/mol. The van der Waals surface area contributed by atoms with E-state index in [1.807, 2.05) is 25.4 Å². The number of nitrogens with zero attached hydrogens (tertiary/aromatic N) is 2. The monoisotopic (exact) mass is 228 g/mol. The van der Waals surface area contributed by atoms with Gasteiger partial charge in [0.2, 0.25) is 0 Å². The van der Waals surface area contributed by atoms with Gasteiger partial charge in [-0.1, -0.05) is 0 Å². The summed E-state index contributed by atoms with van der Waals surface area (Å²) in [5, 5.41) is 3.18. The summed E-state index contributed by atoms with van der Waals surface area (Å²) in [7, 11) is 1.96. The molecule has 2 heterocycles. The zero-order valence-corrected chi connectivity index (χ0v) is 9.90. The van der Waals surface area contributed by atoms with Crippen LogP contribution in [0, 0.1) is 0 Å². The maximum Gasteiger partial charge on any atom is 0.139 e. The molecule has 88 valence electrons. The van der Waals surface area contributed by atoms with Gasteiger partial charge in [-0.15, -0.1) is 0 Å². The molecule has 1 aliphatic rings. The molecule has 0 atom stereocenters. The fourth-order valence-electron chi connectivity index (χ4n) is 2.07. The molecule has 2 aromatic heterocycles. The van der Waals surface area contributed by atoms with Crippen LogP contribution in [-0.2, 0) is 6.54 Å². The molecule has 0 aromatic carbocycles. The van der Waals surface area contributed by atoms with E-state index < -0.39 is 0 Å². The first-order chi connectivity index (χ1) is 8.38. The second kappa shape index (κ2) is 4.30. The zero-order valence-electron chi connectivity index (χ0n) is 9.90. The molecule has 0 spiro atoms. The number of hydrogen-bond donors (Lipinski definition) is 2. The van der Waals surface area contributed by atoms with Crippen LogP contribution < -0.4 is 5.32 Å². The first-order valence-electron chi connectivity index (χ1n) is 6.02. The van der Waals surface area contributed by atoms with Gasteiger partial charge in [-0.3, -0.25) is 4.98 Å². The molecule has 0 saturated heterocycles. The van der Waals surface area contributed by atoms with Crippen molar-refractivity contribution < 1.29 is 0 Å². The lowest BCUT2D eigenvalue weighted by molar-refractivity contribution is 0.782. The number of hydrogen-bond acceptors (Lipinski definition) is 3. The third-order valence-electron chi connectivity index (χ3n) is 3.06. The highest BCUT2D eigenvalue weighted by Gasteiger charge is 2.29. The van der Waals surface area contributed by atoms with E-state index in [1.54, 1.807) is 6.20 Å². The first-order valence-corrected chi connectivity index (χ1v) is 6.02. The molecular formula is C13H16N4. The van der Waals surface area contributed by atoms with E-state index in [1.165, 1.54) is 24.2 Å². The highest BCUT2D eigenvalue weighted by atomic mass is 15.0. The number of imidazole rings is 1. The molecule has 0 radical (unpaired) electrons. The van der Waals surface area contributed by atoms with E-state index in [0.717, 1.165) is 17.9 Å². The van der Waals surface area contributed by atoms with E-state index in [2.05, 4.69) is 15.3 Å². The maximum absolute atomic E-state index is 4.73. The third kappa shape index (κ3) is 2.08. The van der Waals surface area contributed by atoms with E-state index in [4.69, 9.17) is 4.98 Å². The Morgan fingerprint density at radius 2 is 2.35 bits per heavy atom. The lowest BCUT2D eigenvalue weighted by Gasteiger charge is -1.98. The molecule has 0 aliphatic heterocycles. The summed E-state index contributed by atoms with van der Waals surface area (Å²) in [4.78, 5) is 12.3. The highest BCUT2D eigenvalue weighted by Crippen LogP contribution is 2.41. The van der Waals surface area contributed by atoms with Gasteiger partial charge >= 0.3 is 0 Å². The van der Waals surface area contributed by atoms with Gasteiger partial charge in [-0.2, -0.15) is 0 Å². The van der Waals surface area contributed by atoms with Crippen molar-refractivity contribution in [2.75, 3.05) is 7.05 Å². The average Bonchev–Trinajstić information content (AvgIpc) is 3.13. The standard InChI is InChI=1S/C13H16N4/c1-14-8-11-12(9-4-5-9)17-13(16-11)10-3-2-6-15-7-10/h2-3,6-7,9,14H,4-5,8H2,1H3,(H,16,17). The van der Waals surface area contributed by atoms with E-state index in [0.29, 0.717) is 5.92 Å². The molecule has 0 bridgehead atoms. The molecule has 1 saturated carbocycles. The van der Waals surface area contributed by atoms with Crippen LogP contribution in [0.4, 0.5) is 0 Å². The Balaban J connectivity index is 1.98. The molecule has 2 N–H and O–H groups in total. The van der Waals surface area contributed by atoms with Gasteiger partial charge in [0.05, 0.1) is 11.4 Å². The molecule has 3 rings (SSSR count). The fourth-order valence-corrected chi connectivity index (χ4v) is 2.07. The maximum atomic E-state index is 4.73. The van der Waals surface area contributed by atoms with Crippen molar-refractivity contribution >= 4 is 0 Å². The molecular weight excluding hydrogens is 212 g/mol. The molecule has 1 aliphatic carbocycles. The van der Waals surface area contributed by atoms with E-state index in [-0.39, 0.29) is 0 Å². The minimum Gasteiger partial charge on any atom is -0.340 e. The zero-order chi connectivity index (χ0) is 11.7. The Morgan fingerprint density at radius 1 is 1.47 bits per heavy atom. The van der Waals surface area contributed by atoms with Crippen LogP contribution >= 0.6 is 0 Å². The summed E-state index contributed by atoms with van der Waals surface area (Å²) in [6.07, 6.45) is 6.17. The van der Waals surface area contributed by atoms with Gasteiger partial charge in [0, 0.05) is 30.4 Å². The SMILES string of the molecule is CNCc1[nH]c(-c2cccnc2)nc1C1CC1. The Labute approximate surface area is 101 Å². The van der Waals surface area contributed by atoms with Crippen LogP contribution in [0.5, 0.6) is 0 Å². The highest BCUT2D eigenvalue weighted by molar-refractivity contribution is 5.54. The second-order valence-electron chi connectivity index (χ2n) is 4.50. The summed E-state index contributed by atoms with van der Waals surface area (Å²) in [5.41, 5.74) is 3.50. The summed E-state index contributed by atoms with van der Waals surface area (Å²) < 4.78 is 0. The molecule has 0 amide bonds. The van der Waals surface area contributed by atoms with Gasteiger partial charge in [-0.25, -0.2) is 4.98 Å². The topological polar surface area (TPSA) is 53.6 Å². The minimum absolute atomic E-state index is 0.667. The van der Waals surface area contributed by atoms with Crippen molar-refractivity contribution in [3.05, 3.63) is 35.9 Å². The van der Waals surface area contributed by atoms with Crippen molar-refractivity contribution in [1.29, 1.82) is 0 Å². The predicted octanol–water partition coefficient (Wildman–Crippen LogP) is 2.07. The van der Waals surface area contributed by atoms with Gasteiger partial charge in [0.15, 0.2) is 0 Å². The Hall–Kier alpha value is -1.68. The molecule has 4 nitrogen and oxygen atoms in total. The Morgan fingerprint density at radius 3 is 3.00 bits per heavy atom. The first kappa shape index (κ1) is 10.5. The van der Waals surface area contributed by atoms with E-state index in [9.17, 15) is 0 Å². The molecule has 0 unspecified atom stereocenters. The van der Waals surface area contributed by atoms with Crippen LogP contribution in [0.25, 0.3) is 11.4 Å². The lowest BCUT2D eigenvalue weighted by atomic mass is 10.2. The van der Waals surface area contributed by atoms with Crippen LogP contribution in [0.3, 0.4) is 0 Å². The fraction of sp³-hybridized carbons (Fsp3) is 0.385. The lowest BCUT2D eigenvalue weighted by Crippen LogP contribution is -2.07. The average molecular weight is 228 g/mol. The molecule has 17 heavy (non-hydrogen) atoms. The van der Waals surface area contributed by atoms with E-state index >= 15 is 0 Å². The van der Waals surface area contributed by atoms with Crippen molar-refractivity contribution in [2.24, 2.45) is 0 Å². The minimum atomic E-state index is 0.667. The summed E-state index contributed by atoms with van der Waals surface area (Å²) in [6.45, 7) is 0.846. The molecule has 4 heteroatoms. The number of nitrogens with one attached hydrogen (secondary N) is 2. The summed E-state index contributed by atoms with van der Waals surface area (Å²) in [6, 6.07) is 3.97. The summed E-state index contributed by atoms with van der Waals surface area (Å²) >= 11 is 0. The summed E-state index contributed by atoms with van der Waals surface area (Å²) in [5.74, 6) is 1.60. The molecule has 2 aromatic rings. The second-order valence-corrected chi connectivity index (χ2v) is 4.50. The number of H-pyrrole nitrogens is 1. The quantitative estimate of drug-likeness (QED) is 0.842. The smallest absolute Gasteiger partial charge is 0.139 e. The van der Waals surface area contributed by atoms with Gasteiger partial charge < -0.3 is 10.3 Å². The largest absolute Gasteiger partial charge is 0.340 e. The van der Waals surface area contributed by atoms with Gasteiger partial charge in [0.1, 0.15) is 5.82 Å². The van der Waals surface area contributed by atoms with Gasteiger partial charge in [0.25, 0.3) is 0 Å². The Bertz CT molecular complexity index is 499. The van der Waals surface area contributed by atoms with Crippen LogP contribution in [0.1, 0.15) is 30.1 Å². The van der Waals surface area contributed by atoms with Crippen molar-refractivity contribution in [2.45, 2.75) is 25.3 Å². The van der Waals surface area contributed by atoms with Crippen LogP contribution in [0.15, 0.2) is 24.5 Å². The third-order valence-corrected chi connectivity index (χ3v) is 3.06. The number of pyridine rings is 1. The van der Waals surface area contributed by atoms with Gasteiger partial charge in [-0.05, 0) is 32.0 Å². The number of aromatic amines is 1. The molecule has 1 fully saturated rings. The normalized spacial score (nSPS) is 15.1. The number of aromatic nitrogens is 3.